The van der Waals surface area contributed by atoms with Crippen LogP contribution < -0.4 is 10.0 Å². The van der Waals surface area contributed by atoms with Gasteiger partial charge in [-0.25, -0.2) is 18.1 Å². The Hall–Kier alpha value is -0.920. The summed E-state index contributed by atoms with van der Waals surface area (Å²) in [5, 5.41) is 3.30. The normalized spacial score (nSPS) is 22.2. The highest BCUT2D eigenvalue weighted by molar-refractivity contribution is 7.89. The number of aryl methyl sites for hydroxylation is 1. The monoisotopic (exact) mass is 244 g/mol. The van der Waals surface area contributed by atoms with E-state index in [4.69, 9.17) is 0 Å². The van der Waals surface area contributed by atoms with E-state index in [1.54, 1.807) is 6.92 Å². The number of nitrogens with zero attached hydrogens (tertiary/aromatic N) is 1. The molecule has 90 valence electrons. The van der Waals surface area contributed by atoms with Gasteiger partial charge in [0.1, 0.15) is 5.82 Å². The highest BCUT2D eigenvalue weighted by Gasteiger charge is 2.22. The lowest BCUT2D eigenvalue weighted by atomic mass is 10.1. The van der Waals surface area contributed by atoms with E-state index in [-0.39, 0.29) is 11.1 Å². The Bertz CT molecular complexity index is 448. The Balaban J connectivity index is 2.07. The zero-order valence-electron chi connectivity index (χ0n) is 9.16. The number of hydrogen-bond donors (Lipinski definition) is 3. The molecule has 0 amide bonds. The summed E-state index contributed by atoms with van der Waals surface area (Å²) >= 11 is 0. The molecule has 2 heterocycles. The van der Waals surface area contributed by atoms with Crippen LogP contribution in [0.5, 0.6) is 0 Å². The van der Waals surface area contributed by atoms with Crippen LogP contribution in [0.4, 0.5) is 0 Å². The van der Waals surface area contributed by atoms with Crippen LogP contribution in [0.15, 0.2) is 11.2 Å². The average Bonchev–Trinajstić information content (AvgIpc) is 2.66. The fourth-order valence-corrected chi connectivity index (χ4v) is 3.01. The van der Waals surface area contributed by atoms with Crippen molar-refractivity contribution >= 4 is 10.0 Å². The Morgan fingerprint density at radius 1 is 1.56 bits per heavy atom. The van der Waals surface area contributed by atoms with Crippen molar-refractivity contribution in [1.29, 1.82) is 0 Å². The molecule has 1 aliphatic rings. The van der Waals surface area contributed by atoms with E-state index in [1.165, 1.54) is 6.20 Å². The number of aromatic amines is 1. The first-order chi connectivity index (χ1) is 7.58. The lowest BCUT2D eigenvalue weighted by molar-refractivity contribution is 0.428. The van der Waals surface area contributed by atoms with Gasteiger partial charge in [0.2, 0.25) is 0 Å². The molecule has 1 aromatic rings. The minimum atomic E-state index is -3.45. The maximum Gasteiger partial charge on any atom is 0.257 e. The molecule has 7 heteroatoms. The molecule has 1 unspecified atom stereocenters. The molecule has 0 bridgehead atoms. The largest absolute Gasteiger partial charge is 0.332 e. The van der Waals surface area contributed by atoms with Crippen LogP contribution in [0.1, 0.15) is 18.7 Å². The number of hydrogen-bond acceptors (Lipinski definition) is 4. The van der Waals surface area contributed by atoms with Crippen LogP contribution in [-0.4, -0.2) is 37.5 Å². The first-order valence-corrected chi connectivity index (χ1v) is 6.81. The highest BCUT2D eigenvalue weighted by atomic mass is 32.2. The van der Waals surface area contributed by atoms with Crippen LogP contribution in [0, 0.1) is 6.92 Å². The van der Waals surface area contributed by atoms with Gasteiger partial charge in [-0.05, 0) is 26.3 Å². The minimum Gasteiger partial charge on any atom is -0.332 e. The summed E-state index contributed by atoms with van der Waals surface area (Å²) < 4.78 is 26.5. The van der Waals surface area contributed by atoms with Crippen molar-refractivity contribution < 1.29 is 8.42 Å². The number of imidazole rings is 1. The summed E-state index contributed by atoms with van der Waals surface area (Å²) in [6, 6.07) is -0.0256. The summed E-state index contributed by atoms with van der Waals surface area (Å²) in [5.74, 6) is 0.599. The Labute approximate surface area is 94.9 Å². The number of aromatic nitrogens is 2. The zero-order valence-corrected chi connectivity index (χ0v) is 9.97. The predicted octanol–water partition coefficient (Wildman–Crippen LogP) is -0.252. The topological polar surface area (TPSA) is 86.9 Å². The van der Waals surface area contributed by atoms with Crippen LogP contribution in [-0.2, 0) is 10.0 Å². The Morgan fingerprint density at radius 2 is 2.38 bits per heavy atom. The third-order valence-corrected chi connectivity index (χ3v) is 4.02. The lowest BCUT2D eigenvalue weighted by Crippen LogP contribution is -2.45. The summed E-state index contributed by atoms with van der Waals surface area (Å²) in [7, 11) is -3.45. The zero-order chi connectivity index (χ0) is 11.6. The van der Waals surface area contributed by atoms with Gasteiger partial charge in [-0.2, -0.15) is 0 Å². The summed E-state index contributed by atoms with van der Waals surface area (Å²) in [5.41, 5.74) is 0. The van der Waals surface area contributed by atoms with Crippen LogP contribution in [0.2, 0.25) is 0 Å². The van der Waals surface area contributed by atoms with Gasteiger partial charge in [0.25, 0.3) is 10.0 Å². The van der Waals surface area contributed by atoms with E-state index < -0.39 is 10.0 Å². The third kappa shape index (κ3) is 2.60. The highest BCUT2D eigenvalue weighted by Crippen LogP contribution is 2.09. The van der Waals surface area contributed by atoms with E-state index in [1.807, 2.05) is 0 Å². The fraction of sp³-hybridized carbons (Fsp3) is 0.667. The second-order valence-electron chi connectivity index (χ2n) is 4.00. The van der Waals surface area contributed by atoms with E-state index in [9.17, 15) is 8.42 Å². The maximum absolute atomic E-state index is 11.9. The molecule has 0 radical (unpaired) electrons. The molecule has 0 aromatic carbocycles. The second kappa shape index (κ2) is 4.52. The number of H-pyrrole nitrogens is 1. The number of piperidine rings is 1. The Morgan fingerprint density at radius 3 is 2.94 bits per heavy atom. The molecule has 1 aromatic heterocycles. The van der Waals surface area contributed by atoms with Gasteiger partial charge < -0.3 is 10.3 Å². The standard InChI is InChI=1S/C9H16N4O2S/c1-7-11-6-9(12-7)16(14,15)13-8-3-2-4-10-5-8/h6,8,10,13H,2-5H2,1H3,(H,11,12). The van der Waals surface area contributed by atoms with Gasteiger partial charge in [0.05, 0.1) is 6.20 Å². The molecular formula is C9H16N4O2S. The molecule has 16 heavy (non-hydrogen) atoms. The summed E-state index contributed by atoms with van der Waals surface area (Å²) in [6.07, 6.45) is 3.21. The van der Waals surface area contributed by atoms with Crippen LogP contribution in [0.25, 0.3) is 0 Å². The molecule has 1 aliphatic heterocycles. The average molecular weight is 244 g/mol. The van der Waals surface area contributed by atoms with Crippen molar-refractivity contribution in [3.63, 3.8) is 0 Å². The van der Waals surface area contributed by atoms with Crippen molar-refractivity contribution in [2.75, 3.05) is 13.1 Å². The van der Waals surface area contributed by atoms with E-state index in [0.29, 0.717) is 12.4 Å². The van der Waals surface area contributed by atoms with Gasteiger partial charge in [-0.15, -0.1) is 0 Å². The molecule has 6 nitrogen and oxygen atoms in total. The Kier molecular flexibility index (Phi) is 3.27. The summed E-state index contributed by atoms with van der Waals surface area (Å²) in [4.78, 5) is 6.61. The van der Waals surface area contributed by atoms with Crippen molar-refractivity contribution in [3.05, 3.63) is 12.0 Å². The van der Waals surface area contributed by atoms with Gasteiger partial charge in [-0.3, -0.25) is 0 Å². The molecule has 0 aliphatic carbocycles. The first-order valence-electron chi connectivity index (χ1n) is 5.32. The quantitative estimate of drug-likeness (QED) is 0.684. The van der Waals surface area contributed by atoms with Gasteiger partial charge >= 0.3 is 0 Å². The molecule has 0 saturated carbocycles. The minimum absolute atomic E-state index is 0.0256. The predicted molar refractivity (Wildman–Crippen MR) is 59.5 cm³/mol. The van der Waals surface area contributed by atoms with E-state index in [2.05, 4.69) is 20.0 Å². The smallest absolute Gasteiger partial charge is 0.257 e. The van der Waals surface area contributed by atoms with Crippen molar-refractivity contribution in [1.82, 2.24) is 20.0 Å². The van der Waals surface area contributed by atoms with Gasteiger partial charge in [-0.1, -0.05) is 0 Å². The first kappa shape index (κ1) is 11.6. The summed E-state index contributed by atoms with van der Waals surface area (Å²) in [6.45, 7) is 3.37. The number of nitrogens with one attached hydrogen (secondary N) is 3. The SMILES string of the molecule is Cc1ncc(S(=O)(=O)NC2CCCNC2)[nH]1. The fourth-order valence-electron chi connectivity index (χ4n) is 1.77. The molecule has 2 rings (SSSR count). The number of sulfonamides is 1. The van der Waals surface area contributed by atoms with Crippen molar-refractivity contribution in [2.45, 2.75) is 30.8 Å². The van der Waals surface area contributed by atoms with E-state index in [0.717, 1.165) is 19.4 Å². The second-order valence-corrected chi connectivity index (χ2v) is 5.68. The third-order valence-electron chi connectivity index (χ3n) is 2.59. The van der Waals surface area contributed by atoms with Crippen LogP contribution >= 0.6 is 0 Å². The number of rotatable bonds is 3. The van der Waals surface area contributed by atoms with Crippen molar-refractivity contribution in [3.8, 4) is 0 Å². The lowest BCUT2D eigenvalue weighted by Gasteiger charge is -2.23. The molecule has 0 spiro atoms. The van der Waals surface area contributed by atoms with Gasteiger partial charge in [0.15, 0.2) is 5.03 Å². The molecular weight excluding hydrogens is 228 g/mol. The molecule has 1 atom stereocenters. The van der Waals surface area contributed by atoms with Crippen LogP contribution in [0.3, 0.4) is 0 Å². The van der Waals surface area contributed by atoms with Crippen molar-refractivity contribution in [2.24, 2.45) is 0 Å². The molecule has 1 saturated heterocycles. The van der Waals surface area contributed by atoms with Gasteiger partial charge in [0, 0.05) is 12.6 Å². The van der Waals surface area contributed by atoms with E-state index >= 15 is 0 Å². The maximum atomic E-state index is 11.9. The molecule has 1 fully saturated rings. The molecule has 3 N–H and O–H groups in total.